The van der Waals surface area contributed by atoms with Crippen molar-refractivity contribution in [2.75, 3.05) is 0 Å². The summed E-state index contributed by atoms with van der Waals surface area (Å²) in [5.74, 6) is 0. The second-order valence-corrected chi connectivity index (χ2v) is 6.00. The fourth-order valence-electron chi connectivity index (χ4n) is 1.51. The number of thiazole rings is 1. The number of nitrogens with one attached hydrogen (secondary N) is 1. The third-order valence-corrected chi connectivity index (χ3v) is 4.39. The molecule has 2 aromatic heterocycles. The highest BCUT2D eigenvalue weighted by atomic mass is 32.1. The van der Waals surface area contributed by atoms with Gasteiger partial charge in [0.25, 0.3) is 0 Å². The second kappa shape index (κ2) is 5.57. The topological polar surface area (TPSA) is 24.9 Å². The smallest absolute Gasteiger partial charge is 0.0897 e. The summed E-state index contributed by atoms with van der Waals surface area (Å²) >= 11 is 3.60. The number of aryl methyl sites for hydroxylation is 2. The zero-order valence-electron chi connectivity index (χ0n) is 9.62. The van der Waals surface area contributed by atoms with Gasteiger partial charge in [0.2, 0.25) is 0 Å². The highest BCUT2D eigenvalue weighted by Gasteiger charge is 2.00. The van der Waals surface area contributed by atoms with E-state index in [1.807, 2.05) is 18.3 Å². The monoisotopic (exact) mass is 252 g/mol. The van der Waals surface area contributed by atoms with Crippen LogP contribution in [0, 0.1) is 6.92 Å². The van der Waals surface area contributed by atoms with Gasteiger partial charge in [0.05, 0.1) is 10.7 Å². The first-order valence-corrected chi connectivity index (χ1v) is 7.17. The summed E-state index contributed by atoms with van der Waals surface area (Å²) in [6.45, 7) is 6.05. The van der Waals surface area contributed by atoms with E-state index in [0.717, 1.165) is 30.2 Å². The van der Waals surface area contributed by atoms with Crippen molar-refractivity contribution in [3.8, 4) is 0 Å². The number of hydrogen-bond donors (Lipinski definition) is 1. The molecule has 0 unspecified atom stereocenters. The van der Waals surface area contributed by atoms with E-state index in [2.05, 4.69) is 34.7 Å². The maximum Gasteiger partial charge on any atom is 0.0897 e. The summed E-state index contributed by atoms with van der Waals surface area (Å²) in [7, 11) is 0. The molecule has 1 N–H and O–H groups in total. The van der Waals surface area contributed by atoms with Gasteiger partial charge in [-0.15, -0.1) is 22.7 Å². The predicted octanol–water partition coefficient (Wildman–Crippen LogP) is 3.37. The van der Waals surface area contributed by atoms with Crippen molar-refractivity contribution in [2.45, 2.75) is 33.4 Å². The molecule has 86 valence electrons. The number of aromatic nitrogens is 1. The maximum absolute atomic E-state index is 4.42. The molecule has 0 fully saturated rings. The normalized spacial score (nSPS) is 10.9. The Morgan fingerprint density at radius 3 is 2.69 bits per heavy atom. The molecule has 0 aliphatic heterocycles. The molecule has 4 heteroatoms. The van der Waals surface area contributed by atoms with Gasteiger partial charge in [-0.05, 0) is 25.5 Å². The molecule has 16 heavy (non-hydrogen) atoms. The summed E-state index contributed by atoms with van der Waals surface area (Å²) in [6, 6.07) is 4.43. The lowest BCUT2D eigenvalue weighted by Crippen LogP contribution is -2.11. The molecule has 0 atom stereocenters. The number of nitrogens with zero attached hydrogens (tertiary/aromatic N) is 1. The lowest BCUT2D eigenvalue weighted by molar-refractivity contribution is 0.688. The summed E-state index contributed by atoms with van der Waals surface area (Å²) in [6.07, 6.45) is 1.13. The number of hydrogen-bond acceptors (Lipinski definition) is 4. The average Bonchev–Trinajstić information content (AvgIpc) is 2.88. The fourth-order valence-corrected chi connectivity index (χ4v) is 3.05. The van der Waals surface area contributed by atoms with Crippen LogP contribution in [0.4, 0.5) is 0 Å². The molecule has 2 heterocycles. The maximum atomic E-state index is 4.42. The molecular formula is C12H16N2S2. The van der Waals surface area contributed by atoms with Crippen molar-refractivity contribution >= 4 is 22.7 Å². The van der Waals surface area contributed by atoms with Crippen LogP contribution in [0.2, 0.25) is 0 Å². The van der Waals surface area contributed by atoms with E-state index in [1.54, 1.807) is 11.3 Å². The Kier molecular flexibility index (Phi) is 4.09. The summed E-state index contributed by atoms with van der Waals surface area (Å²) in [5, 5.41) is 6.68. The second-order valence-electron chi connectivity index (χ2n) is 3.68. The Morgan fingerprint density at radius 1 is 1.25 bits per heavy atom. The molecule has 0 radical (unpaired) electrons. The van der Waals surface area contributed by atoms with Gasteiger partial charge in [-0.1, -0.05) is 6.92 Å². The molecule has 0 bridgehead atoms. The molecule has 0 saturated carbocycles. The van der Waals surface area contributed by atoms with Crippen molar-refractivity contribution in [3.63, 3.8) is 0 Å². The quantitative estimate of drug-likeness (QED) is 0.882. The average molecular weight is 252 g/mol. The van der Waals surface area contributed by atoms with Crippen LogP contribution in [0.5, 0.6) is 0 Å². The van der Waals surface area contributed by atoms with Gasteiger partial charge in [-0.2, -0.15) is 0 Å². The minimum atomic E-state index is 0.865. The van der Waals surface area contributed by atoms with Gasteiger partial charge in [0.1, 0.15) is 0 Å². The van der Waals surface area contributed by atoms with Gasteiger partial charge >= 0.3 is 0 Å². The van der Waals surface area contributed by atoms with E-state index in [4.69, 9.17) is 0 Å². The van der Waals surface area contributed by atoms with Crippen LogP contribution < -0.4 is 5.32 Å². The Balaban J connectivity index is 1.79. The van der Waals surface area contributed by atoms with Crippen LogP contribution in [0.3, 0.4) is 0 Å². The molecule has 0 saturated heterocycles. The Hall–Kier alpha value is -0.710. The first-order chi connectivity index (χ1) is 7.78. The Morgan fingerprint density at radius 2 is 2.06 bits per heavy atom. The highest BCUT2D eigenvalue weighted by Crippen LogP contribution is 2.16. The van der Waals surface area contributed by atoms with Crippen LogP contribution in [0.1, 0.15) is 27.4 Å². The van der Waals surface area contributed by atoms with Gasteiger partial charge < -0.3 is 5.32 Å². The lowest BCUT2D eigenvalue weighted by Gasteiger charge is -1.99. The van der Waals surface area contributed by atoms with Crippen LogP contribution >= 0.6 is 22.7 Å². The summed E-state index contributed by atoms with van der Waals surface area (Å²) in [4.78, 5) is 7.29. The van der Waals surface area contributed by atoms with Crippen LogP contribution in [0.25, 0.3) is 0 Å². The molecule has 0 amide bonds. The minimum Gasteiger partial charge on any atom is -0.306 e. The van der Waals surface area contributed by atoms with Crippen molar-refractivity contribution in [3.05, 3.63) is 38.0 Å². The van der Waals surface area contributed by atoms with Crippen molar-refractivity contribution in [1.29, 1.82) is 0 Å². The van der Waals surface area contributed by atoms with E-state index in [-0.39, 0.29) is 0 Å². The van der Waals surface area contributed by atoms with E-state index in [0.29, 0.717) is 0 Å². The Labute approximate surface area is 104 Å². The number of rotatable bonds is 5. The minimum absolute atomic E-state index is 0.865. The molecule has 0 aliphatic rings. The molecule has 0 aromatic carbocycles. The molecule has 0 spiro atoms. The van der Waals surface area contributed by atoms with Gasteiger partial charge in [0, 0.05) is 28.2 Å². The molecular weight excluding hydrogens is 236 g/mol. The van der Waals surface area contributed by atoms with Crippen molar-refractivity contribution in [2.24, 2.45) is 0 Å². The van der Waals surface area contributed by atoms with Gasteiger partial charge in [-0.25, -0.2) is 4.98 Å². The predicted molar refractivity (Wildman–Crippen MR) is 71.1 cm³/mol. The van der Waals surface area contributed by atoms with Crippen molar-refractivity contribution in [1.82, 2.24) is 10.3 Å². The van der Waals surface area contributed by atoms with E-state index in [1.165, 1.54) is 9.75 Å². The zero-order valence-corrected chi connectivity index (χ0v) is 11.3. The van der Waals surface area contributed by atoms with Gasteiger partial charge in [0.15, 0.2) is 0 Å². The molecule has 2 rings (SSSR count). The fraction of sp³-hybridized carbons (Fsp3) is 0.417. The highest BCUT2D eigenvalue weighted by molar-refractivity contribution is 7.12. The molecule has 0 aliphatic carbocycles. The van der Waals surface area contributed by atoms with Crippen molar-refractivity contribution < 1.29 is 0 Å². The first-order valence-electron chi connectivity index (χ1n) is 5.47. The summed E-state index contributed by atoms with van der Waals surface area (Å²) in [5.41, 5.74) is 1.15. The largest absolute Gasteiger partial charge is 0.306 e. The molecule has 2 aromatic rings. The van der Waals surface area contributed by atoms with Crippen LogP contribution in [0.15, 0.2) is 17.5 Å². The van der Waals surface area contributed by atoms with E-state index < -0.39 is 0 Å². The third-order valence-electron chi connectivity index (χ3n) is 2.34. The zero-order chi connectivity index (χ0) is 11.4. The Bertz CT molecular complexity index is 445. The SMILES string of the molecule is CCc1ccc(CNCc2csc(C)n2)s1. The standard InChI is InChI=1S/C12H16N2S2/c1-3-11-4-5-12(16-11)7-13-6-10-8-15-9(2)14-10/h4-5,8,13H,3,6-7H2,1-2H3. The number of thiophene rings is 1. The summed E-state index contributed by atoms with van der Waals surface area (Å²) < 4.78 is 0. The van der Waals surface area contributed by atoms with Gasteiger partial charge in [-0.3, -0.25) is 0 Å². The lowest BCUT2D eigenvalue weighted by atomic mass is 10.3. The van der Waals surface area contributed by atoms with E-state index >= 15 is 0 Å². The van der Waals surface area contributed by atoms with Crippen LogP contribution in [-0.4, -0.2) is 4.98 Å². The van der Waals surface area contributed by atoms with Crippen LogP contribution in [-0.2, 0) is 19.5 Å². The van der Waals surface area contributed by atoms with E-state index in [9.17, 15) is 0 Å². The first kappa shape index (κ1) is 11.8. The molecule has 2 nitrogen and oxygen atoms in total. The third kappa shape index (κ3) is 3.14.